The lowest BCUT2D eigenvalue weighted by Gasteiger charge is -2.58. The Bertz CT molecular complexity index is 692. The highest BCUT2D eigenvalue weighted by Gasteiger charge is 2.57. The van der Waals surface area contributed by atoms with Gasteiger partial charge in [0.1, 0.15) is 0 Å². The van der Waals surface area contributed by atoms with Crippen molar-refractivity contribution in [3.05, 3.63) is 23.8 Å². The van der Waals surface area contributed by atoms with Gasteiger partial charge in [0.05, 0.1) is 12.4 Å². The van der Waals surface area contributed by atoms with Crippen molar-refractivity contribution in [1.29, 1.82) is 0 Å². The molecule has 0 aromatic heterocycles. The molecule has 0 amide bonds. The summed E-state index contributed by atoms with van der Waals surface area (Å²) in [6, 6.07) is 0. The van der Waals surface area contributed by atoms with Crippen LogP contribution in [0, 0.1) is 28.6 Å². The van der Waals surface area contributed by atoms with E-state index in [0.29, 0.717) is 23.2 Å². The first-order valence-corrected chi connectivity index (χ1v) is 11.3. The lowest BCUT2D eigenvalue weighted by molar-refractivity contribution is -0.0643. The third-order valence-electron chi connectivity index (χ3n) is 7.73. The highest BCUT2D eigenvalue weighted by atomic mass is 32.2. The molecule has 0 heterocycles. The average molecular weight is 351 g/mol. The van der Waals surface area contributed by atoms with Crippen LogP contribution >= 0.6 is 0 Å². The standard InChI is InChI=1S/C20H30O3S/c1-19-12-5-7-16(19)15-10-9-14-6-4-8-18(23-24(3,21)22)20(14,2)17(15)11-13-19/h5,9,12,15-18H,4,6-8,10-11,13H2,1-3H3/t15-,16-,17-,18?,19-,20-/m0/s1. The summed E-state index contributed by atoms with van der Waals surface area (Å²) in [7, 11) is -3.42. The van der Waals surface area contributed by atoms with Crippen LogP contribution in [0.4, 0.5) is 0 Å². The molecule has 0 bridgehead atoms. The summed E-state index contributed by atoms with van der Waals surface area (Å²) < 4.78 is 29.4. The summed E-state index contributed by atoms with van der Waals surface area (Å²) in [6.07, 6.45) is 16.1. The highest BCUT2D eigenvalue weighted by molar-refractivity contribution is 7.86. The predicted octanol–water partition coefficient (Wildman–Crippen LogP) is 4.46. The monoisotopic (exact) mass is 350 g/mol. The molecule has 4 heteroatoms. The Balaban J connectivity index is 1.71. The van der Waals surface area contributed by atoms with Gasteiger partial charge in [0.25, 0.3) is 10.1 Å². The van der Waals surface area contributed by atoms with Gasteiger partial charge in [-0.1, -0.05) is 37.6 Å². The summed E-state index contributed by atoms with van der Waals surface area (Å²) in [5.74, 6) is 1.94. The zero-order valence-electron chi connectivity index (χ0n) is 15.1. The second kappa shape index (κ2) is 5.44. The minimum Gasteiger partial charge on any atom is -0.266 e. The molecule has 2 fully saturated rings. The second-order valence-corrected chi connectivity index (χ2v) is 10.6. The van der Waals surface area contributed by atoms with E-state index in [1.807, 2.05) is 0 Å². The Morgan fingerprint density at radius 2 is 1.96 bits per heavy atom. The van der Waals surface area contributed by atoms with Crippen LogP contribution in [0.2, 0.25) is 0 Å². The van der Waals surface area contributed by atoms with Crippen LogP contribution in [0.1, 0.15) is 58.8 Å². The largest absolute Gasteiger partial charge is 0.266 e. The fourth-order valence-electron chi connectivity index (χ4n) is 6.53. The third kappa shape index (κ3) is 2.44. The summed E-state index contributed by atoms with van der Waals surface area (Å²) in [4.78, 5) is 0. The number of hydrogen-bond donors (Lipinski definition) is 0. The molecule has 0 aliphatic heterocycles. The van der Waals surface area contributed by atoms with Crippen LogP contribution in [0.25, 0.3) is 0 Å². The van der Waals surface area contributed by atoms with Crippen molar-refractivity contribution in [2.45, 2.75) is 64.9 Å². The highest BCUT2D eigenvalue weighted by Crippen LogP contribution is 2.63. The van der Waals surface area contributed by atoms with Crippen LogP contribution in [0.3, 0.4) is 0 Å². The lowest BCUT2D eigenvalue weighted by Crippen LogP contribution is -2.54. The maximum Gasteiger partial charge on any atom is 0.264 e. The topological polar surface area (TPSA) is 43.4 Å². The van der Waals surface area contributed by atoms with Gasteiger partial charge in [0, 0.05) is 5.41 Å². The number of rotatable bonds is 2. The van der Waals surface area contributed by atoms with E-state index in [1.54, 1.807) is 0 Å². The minimum absolute atomic E-state index is 0.103. The molecule has 0 saturated heterocycles. The van der Waals surface area contributed by atoms with Crippen molar-refractivity contribution in [3.8, 4) is 0 Å². The van der Waals surface area contributed by atoms with Gasteiger partial charge in [-0.15, -0.1) is 0 Å². The summed E-state index contributed by atoms with van der Waals surface area (Å²) in [6.45, 7) is 4.72. The molecule has 0 spiro atoms. The fourth-order valence-corrected chi connectivity index (χ4v) is 7.25. The first kappa shape index (κ1) is 16.8. The third-order valence-corrected chi connectivity index (χ3v) is 8.32. The Kier molecular flexibility index (Phi) is 3.82. The Hall–Kier alpha value is -0.610. The van der Waals surface area contributed by atoms with Gasteiger partial charge in [-0.25, -0.2) is 0 Å². The van der Waals surface area contributed by atoms with E-state index in [1.165, 1.54) is 37.5 Å². The van der Waals surface area contributed by atoms with E-state index in [9.17, 15) is 8.42 Å². The maximum atomic E-state index is 11.9. The van der Waals surface area contributed by atoms with Gasteiger partial charge in [0.2, 0.25) is 0 Å². The predicted molar refractivity (Wildman–Crippen MR) is 95.9 cm³/mol. The van der Waals surface area contributed by atoms with Crippen LogP contribution in [0.5, 0.6) is 0 Å². The first-order valence-electron chi connectivity index (χ1n) is 9.49. The van der Waals surface area contributed by atoms with Gasteiger partial charge < -0.3 is 0 Å². The van der Waals surface area contributed by atoms with Crippen molar-refractivity contribution in [3.63, 3.8) is 0 Å². The molecule has 4 aliphatic rings. The Labute approximate surface area is 146 Å². The van der Waals surface area contributed by atoms with Crippen molar-refractivity contribution in [2.75, 3.05) is 6.26 Å². The number of hydrogen-bond acceptors (Lipinski definition) is 3. The molecule has 6 atom stereocenters. The zero-order valence-corrected chi connectivity index (χ0v) is 15.9. The molecule has 2 saturated carbocycles. The van der Waals surface area contributed by atoms with E-state index in [-0.39, 0.29) is 11.5 Å². The molecule has 4 aliphatic carbocycles. The Morgan fingerprint density at radius 3 is 2.71 bits per heavy atom. The molecule has 0 aromatic carbocycles. The number of fused-ring (bicyclic) bond motifs is 5. The molecule has 3 nitrogen and oxygen atoms in total. The normalized spacial score (nSPS) is 47.5. The SMILES string of the molecule is C[C@@]12C=CC[C@H]1[C@@H]1CC=C3CCCC(OS(C)(=O)=O)[C@]3(C)[C@H]1CC2. The van der Waals surface area contributed by atoms with E-state index in [2.05, 4.69) is 32.1 Å². The molecule has 24 heavy (non-hydrogen) atoms. The van der Waals surface area contributed by atoms with Crippen LogP contribution < -0.4 is 0 Å². The summed E-state index contributed by atoms with van der Waals surface area (Å²) in [5.41, 5.74) is 1.72. The van der Waals surface area contributed by atoms with Crippen LogP contribution in [0.15, 0.2) is 23.8 Å². The molecule has 0 N–H and O–H groups in total. The number of allylic oxidation sites excluding steroid dienone is 3. The van der Waals surface area contributed by atoms with Gasteiger partial charge in [-0.2, -0.15) is 8.42 Å². The molecule has 1 unspecified atom stereocenters. The second-order valence-electron chi connectivity index (χ2n) is 8.99. The smallest absolute Gasteiger partial charge is 0.264 e. The average Bonchev–Trinajstić information content (AvgIpc) is 2.88. The zero-order chi connectivity index (χ0) is 17.2. The lowest BCUT2D eigenvalue weighted by atomic mass is 9.47. The van der Waals surface area contributed by atoms with Crippen molar-refractivity contribution >= 4 is 10.1 Å². The first-order chi connectivity index (χ1) is 11.2. The van der Waals surface area contributed by atoms with Crippen molar-refractivity contribution in [1.82, 2.24) is 0 Å². The van der Waals surface area contributed by atoms with Gasteiger partial charge in [0.15, 0.2) is 0 Å². The maximum absolute atomic E-state index is 11.9. The molecule has 4 rings (SSSR count). The molecular weight excluding hydrogens is 320 g/mol. The summed E-state index contributed by atoms with van der Waals surface area (Å²) in [5, 5.41) is 0. The fraction of sp³-hybridized carbons (Fsp3) is 0.800. The van der Waals surface area contributed by atoms with Crippen molar-refractivity contribution < 1.29 is 12.6 Å². The van der Waals surface area contributed by atoms with E-state index < -0.39 is 10.1 Å². The molecule has 134 valence electrons. The quantitative estimate of drug-likeness (QED) is 0.545. The minimum atomic E-state index is -3.42. The molecule has 0 aromatic rings. The van der Waals surface area contributed by atoms with E-state index in [0.717, 1.165) is 19.3 Å². The van der Waals surface area contributed by atoms with Crippen molar-refractivity contribution in [2.24, 2.45) is 28.6 Å². The Morgan fingerprint density at radius 1 is 1.17 bits per heavy atom. The van der Waals surface area contributed by atoms with Crippen LogP contribution in [-0.4, -0.2) is 20.8 Å². The molecule has 0 radical (unpaired) electrons. The van der Waals surface area contributed by atoms with E-state index in [4.69, 9.17) is 4.18 Å². The van der Waals surface area contributed by atoms with Gasteiger partial charge >= 0.3 is 0 Å². The summed E-state index contributed by atoms with van der Waals surface area (Å²) >= 11 is 0. The van der Waals surface area contributed by atoms with Gasteiger partial charge in [-0.3, -0.25) is 4.18 Å². The molecular formula is C20H30O3S. The van der Waals surface area contributed by atoms with Gasteiger partial charge in [-0.05, 0) is 68.1 Å². The van der Waals surface area contributed by atoms with E-state index >= 15 is 0 Å². The van der Waals surface area contributed by atoms with Crippen LogP contribution in [-0.2, 0) is 14.3 Å².